The summed E-state index contributed by atoms with van der Waals surface area (Å²) in [4.78, 5) is 11.8. The molecule has 0 aliphatic heterocycles. The fraction of sp³-hybridized carbons (Fsp3) is 0.400. The fourth-order valence-electron chi connectivity index (χ4n) is 1.87. The molecule has 1 rings (SSSR count). The summed E-state index contributed by atoms with van der Waals surface area (Å²) in [7, 11) is 4.16. The van der Waals surface area contributed by atoms with Gasteiger partial charge in [0, 0.05) is 20.6 Å². The molecule has 0 spiro atoms. The molecule has 104 valence electrons. The predicted molar refractivity (Wildman–Crippen MR) is 73.5 cm³/mol. The largest absolute Gasteiger partial charge is 0.465 e. The van der Waals surface area contributed by atoms with Gasteiger partial charge in [-0.25, -0.2) is 4.79 Å². The maximum atomic E-state index is 11.8. The van der Waals surface area contributed by atoms with E-state index in [1.807, 2.05) is 43.3 Å². The Balaban J connectivity index is 2.91. The zero-order valence-electron chi connectivity index (χ0n) is 11.8. The molecule has 0 heterocycles. The molecule has 4 heteroatoms. The lowest BCUT2D eigenvalue weighted by atomic mass is 10.0. The Kier molecular flexibility index (Phi) is 5.73. The topological polar surface area (TPSA) is 44.8 Å². The van der Waals surface area contributed by atoms with Crippen molar-refractivity contribution in [2.75, 3.05) is 21.3 Å². The number of methoxy groups -OCH3 is 3. The van der Waals surface area contributed by atoms with Crippen LogP contribution in [0.2, 0.25) is 0 Å². The Hall–Kier alpha value is -1.65. The van der Waals surface area contributed by atoms with Crippen LogP contribution in [0.3, 0.4) is 0 Å². The molecule has 4 nitrogen and oxygen atoms in total. The average molecular weight is 264 g/mol. The first-order valence-electron chi connectivity index (χ1n) is 5.99. The van der Waals surface area contributed by atoms with Crippen LogP contribution in [0.25, 0.3) is 6.08 Å². The second kappa shape index (κ2) is 7.07. The maximum Gasteiger partial charge on any atom is 0.366 e. The molecule has 0 bridgehead atoms. The Labute approximate surface area is 114 Å². The second-order valence-corrected chi connectivity index (χ2v) is 4.23. The Morgan fingerprint density at radius 1 is 1.16 bits per heavy atom. The van der Waals surface area contributed by atoms with Gasteiger partial charge in [-0.15, -0.1) is 0 Å². The van der Waals surface area contributed by atoms with Crippen molar-refractivity contribution in [1.29, 1.82) is 0 Å². The van der Waals surface area contributed by atoms with Crippen LogP contribution in [0, 0.1) is 0 Å². The summed E-state index contributed by atoms with van der Waals surface area (Å²) in [6.45, 7) is 1.92. The third-order valence-corrected chi connectivity index (χ3v) is 2.88. The molecule has 0 atom stereocenters. The summed E-state index contributed by atoms with van der Waals surface area (Å²) in [6.07, 6.45) is 2.29. The molecule has 0 aliphatic carbocycles. The average Bonchev–Trinajstić information content (AvgIpc) is 2.45. The quantitative estimate of drug-likeness (QED) is 0.585. The summed E-state index contributed by atoms with van der Waals surface area (Å²) in [5.41, 5.74) is 2.02. The smallest absolute Gasteiger partial charge is 0.366 e. The highest BCUT2D eigenvalue weighted by Crippen LogP contribution is 2.24. The lowest BCUT2D eigenvalue weighted by Crippen LogP contribution is -2.43. The summed E-state index contributed by atoms with van der Waals surface area (Å²) in [5, 5.41) is 0. The van der Waals surface area contributed by atoms with E-state index in [4.69, 9.17) is 14.2 Å². The van der Waals surface area contributed by atoms with Crippen molar-refractivity contribution in [3.05, 3.63) is 41.5 Å². The van der Waals surface area contributed by atoms with Crippen molar-refractivity contribution in [1.82, 2.24) is 0 Å². The van der Waals surface area contributed by atoms with Gasteiger partial charge in [-0.05, 0) is 12.5 Å². The summed E-state index contributed by atoms with van der Waals surface area (Å²) in [6, 6.07) is 9.85. The van der Waals surface area contributed by atoms with Crippen molar-refractivity contribution >= 4 is 12.0 Å². The lowest BCUT2D eigenvalue weighted by Gasteiger charge is -2.27. The number of hydrogen-bond donors (Lipinski definition) is 0. The third kappa shape index (κ3) is 3.91. The number of rotatable bonds is 6. The second-order valence-electron chi connectivity index (χ2n) is 4.23. The molecule has 0 aromatic heterocycles. The molecule has 1 aromatic carbocycles. The monoisotopic (exact) mass is 264 g/mol. The van der Waals surface area contributed by atoms with Crippen LogP contribution in [0.1, 0.15) is 18.9 Å². The van der Waals surface area contributed by atoms with E-state index in [9.17, 15) is 4.79 Å². The maximum absolute atomic E-state index is 11.8. The minimum atomic E-state index is -1.38. The van der Waals surface area contributed by atoms with E-state index >= 15 is 0 Å². The Bertz CT molecular complexity index is 433. The van der Waals surface area contributed by atoms with Crippen LogP contribution in [-0.4, -0.2) is 33.1 Å². The zero-order valence-corrected chi connectivity index (χ0v) is 11.8. The summed E-state index contributed by atoms with van der Waals surface area (Å²) in [5.74, 6) is -1.93. The summed E-state index contributed by atoms with van der Waals surface area (Å²) >= 11 is 0. The van der Waals surface area contributed by atoms with Crippen LogP contribution < -0.4 is 0 Å². The van der Waals surface area contributed by atoms with Gasteiger partial charge in [0.15, 0.2) is 0 Å². The molecular weight excluding hydrogens is 244 g/mol. The molecule has 0 fully saturated rings. The molecule has 1 aromatic rings. The molecule has 0 saturated heterocycles. The Morgan fingerprint density at radius 3 is 2.21 bits per heavy atom. The predicted octanol–water partition coefficient (Wildman–Crippen LogP) is 2.64. The standard InChI is InChI=1S/C15H20O4/c1-12(10-13-8-6-5-7-9-13)11-15(18-3,19-4)14(16)17-2/h5-10H,11H2,1-4H3/b12-10+. The first kappa shape index (κ1) is 15.4. The van der Waals surface area contributed by atoms with Crippen molar-refractivity contribution in [3.8, 4) is 0 Å². The molecule has 0 saturated carbocycles. The SMILES string of the molecule is COC(=O)C(C/C(C)=C/c1ccccc1)(OC)OC. The number of benzene rings is 1. The van der Waals surface area contributed by atoms with E-state index in [1.54, 1.807) is 0 Å². The first-order valence-corrected chi connectivity index (χ1v) is 5.99. The van der Waals surface area contributed by atoms with E-state index in [-0.39, 0.29) is 0 Å². The minimum absolute atomic E-state index is 0.307. The molecule has 0 amide bonds. The van der Waals surface area contributed by atoms with Crippen LogP contribution in [0.15, 0.2) is 35.9 Å². The number of esters is 1. The van der Waals surface area contributed by atoms with Gasteiger partial charge in [-0.2, -0.15) is 0 Å². The van der Waals surface area contributed by atoms with Crippen LogP contribution in [0.5, 0.6) is 0 Å². The van der Waals surface area contributed by atoms with Crippen LogP contribution in [-0.2, 0) is 19.0 Å². The van der Waals surface area contributed by atoms with Crippen molar-refractivity contribution < 1.29 is 19.0 Å². The molecule has 0 unspecified atom stereocenters. The van der Waals surface area contributed by atoms with Gasteiger partial charge in [0.2, 0.25) is 0 Å². The third-order valence-electron chi connectivity index (χ3n) is 2.88. The van der Waals surface area contributed by atoms with E-state index < -0.39 is 11.8 Å². The van der Waals surface area contributed by atoms with Gasteiger partial charge in [0.25, 0.3) is 5.79 Å². The van der Waals surface area contributed by atoms with Gasteiger partial charge in [-0.1, -0.05) is 42.0 Å². The molecule has 19 heavy (non-hydrogen) atoms. The normalized spacial score (nSPS) is 12.3. The van der Waals surface area contributed by atoms with E-state index in [0.29, 0.717) is 6.42 Å². The number of carbonyl (C=O) groups excluding carboxylic acids is 1. The van der Waals surface area contributed by atoms with Gasteiger partial charge in [0.1, 0.15) is 0 Å². The van der Waals surface area contributed by atoms with Crippen LogP contribution in [0.4, 0.5) is 0 Å². The first-order chi connectivity index (χ1) is 9.07. The van der Waals surface area contributed by atoms with Crippen molar-refractivity contribution in [2.45, 2.75) is 19.1 Å². The van der Waals surface area contributed by atoms with Crippen molar-refractivity contribution in [2.24, 2.45) is 0 Å². The van der Waals surface area contributed by atoms with E-state index in [2.05, 4.69) is 0 Å². The number of ether oxygens (including phenoxy) is 3. The molecule has 0 radical (unpaired) electrons. The van der Waals surface area contributed by atoms with Gasteiger partial charge in [0.05, 0.1) is 7.11 Å². The highest BCUT2D eigenvalue weighted by atomic mass is 16.7. The highest BCUT2D eigenvalue weighted by molar-refractivity contribution is 5.78. The van der Waals surface area contributed by atoms with Crippen molar-refractivity contribution in [3.63, 3.8) is 0 Å². The fourth-order valence-corrected chi connectivity index (χ4v) is 1.87. The Morgan fingerprint density at radius 2 is 1.74 bits per heavy atom. The van der Waals surface area contributed by atoms with Gasteiger partial charge < -0.3 is 14.2 Å². The van der Waals surface area contributed by atoms with Gasteiger partial charge in [-0.3, -0.25) is 0 Å². The minimum Gasteiger partial charge on any atom is -0.465 e. The van der Waals surface area contributed by atoms with E-state index in [1.165, 1.54) is 21.3 Å². The lowest BCUT2D eigenvalue weighted by molar-refractivity contribution is -0.227. The van der Waals surface area contributed by atoms with E-state index in [0.717, 1.165) is 11.1 Å². The summed E-state index contributed by atoms with van der Waals surface area (Å²) < 4.78 is 15.2. The molecular formula is C15H20O4. The van der Waals surface area contributed by atoms with Crippen LogP contribution >= 0.6 is 0 Å². The molecule has 0 aliphatic rings. The zero-order chi connectivity index (χ0) is 14.3. The number of carbonyl (C=O) groups is 1. The highest BCUT2D eigenvalue weighted by Gasteiger charge is 2.40. The van der Waals surface area contributed by atoms with Gasteiger partial charge >= 0.3 is 5.97 Å². The molecule has 0 N–H and O–H groups in total. The number of hydrogen-bond acceptors (Lipinski definition) is 4.